The topological polar surface area (TPSA) is 73.6 Å². The van der Waals surface area contributed by atoms with Gasteiger partial charge in [-0.25, -0.2) is 4.98 Å². The summed E-state index contributed by atoms with van der Waals surface area (Å²) in [6.07, 6.45) is 3.65. The molecule has 0 atom stereocenters. The first-order chi connectivity index (χ1) is 14.2. The number of halogens is 2. The van der Waals surface area contributed by atoms with E-state index in [2.05, 4.69) is 4.98 Å². The Morgan fingerprint density at radius 3 is 2.50 bits per heavy atom. The minimum atomic E-state index is -0.984. The minimum Gasteiger partial charge on any atom is -0.489 e. The Labute approximate surface area is 184 Å². The summed E-state index contributed by atoms with van der Waals surface area (Å²) in [4.78, 5) is 16.8. The number of aliphatic hydroxyl groups is 1. The van der Waals surface area contributed by atoms with Crippen LogP contribution in [0.1, 0.15) is 19.4 Å². The number of rotatable bonds is 8. The van der Waals surface area contributed by atoms with E-state index in [0.717, 1.165) is 5.56 Å². The first kappa shape index (κ1) is 22.2. The Morgan fingerprint density at radius 2 is 1.83 bits per heavy atom. The van der Waals surface area contributed by atoms with Gasteiger partial charge in [-0.05, 0) is 49.7 Å². The molecule has 30 heavy (non-hydrogen) atoms. The fraction of sp³-hybridized carbons (Fsp3) is 0.273. The van der Waals surface area contributed by atoms with Gasteiger partial charge in [0.05, 0.1) is 22.9 Å². The van der Waals surface area contributed by atoms with Crippen LogP contribution in [0.25, 0.3) is 5.69 Å². The summed E-state index contributed by atoms with van der Waals surface area (Å²) in [5.41, 5.74) is 0.215. The Kier molecular flexibility index (Phi) is 7.02. The highest BCUT2D eigenvalue weighted by Crippen LogP contribution is 2.27. The molecule has 0 saturated carbocycles. The second-order valence-electron chi connectivity index (χ2n) is 7.35. The van der Waals surface area contributed by atoms with E-state index in [1.54, 1.807) is 32.0 Å². The van der Waals surface area contributed by atoms with Crippen molar-refractivity contribution < 1.29 is 14.6 Å². The van der Waals surface area contributed by atoms with Crippen molar-refractivity contribution >= 4 is 23.2 Å². The van der Waals surface area contributed by atoms with Crippen LogP contribution >= 0.6 is 23.2 Å². The first-order valence-electron chi connectivity index (χ1n) is 9.33. The van der Waals surface area contributed by atoms with Crippen LogP contribution in [0, 0.1) is 0 Å². The van der Waals surface area contributed by atoms with Gasteiger partial charge >= 0.3 is 5.56 Å². The molecule has 8 heteroatoms. The summed E-state index contributed by atoms with van der Waals surface area (Å²) in [6.45, 7) is 3.67. The van der Waals surface area contributed by atoms with Gasteiger partial charge in [-0.1, -0.05) is 35.3 Å². The van der Waals surface area contributed by atoms with Crippen molar-refractivity contribution in [1.29, 1.82) is 0 Å². The standard InChI is InChI=1S/C22H22Cl2N2O4/c1-22(2,28)14-30-19-8-7-17(13-18(19)24)26-11-10-25-20(21(26)27)29-12-9-15-3-5-16(23)6-4-15/h3-8,10-11,13,28H,9,12,14H2,1-2H3. The molecule has 0 saturated heterocycles. The fourth-order valence-electron chi connectivity index (χ4n) is 2.62. The van der Waals surface area contributed by atoms with E-state index in [1.165, 1.54) is 17.0 Å². The van der Waals surface area contributed by atoms with Gasteiger partial charge in [0, 0.05) is 23.8 Å². The SMILES string of the molecule is CC(C)(O)COc1ccc(-n2ccnc(OCCc3ccc(Cl)cc3)c2=O)cc1Cl. The van der Waals surface area contributed by atoms with E-state index in [9.17, 15) is 9.90 Å². The zero-order chi connectivity index (χ0) is 21.7. The second kappa shape index (κ2) is 9.51. The van der Waals surface area contributed by atoms with Gasteiger partial charge < -0.3 is 14.6 Å². The van der Waals surface area contributed by atoms with Crippen LogP contribution in [0.4, 0.5) is 0 Å². The zero-order valence-electron chi connectivity index (χ0n) is 16.6. The van der Waals surface area contributed by atoms with E-state index < -0.39 is 11.2 Å². The van der Waals surface area contributed by atoms with Gasteiger partial charge in [0.2, 0.25) is 0 Å². The van der Waals surface area contributed by atoms with Gasteiger partial charge in [-0.15, -0.1) is 0 Å². The van der Waals surface area contributed by atoms with Crippen molar-refractivity contribution in [3.8, 4) is 17.3 Å². The molecule has 0 aliphatic rings. The average molecular weight is 449 g/mol. The van der Waals surface area contributed by atoms with Crippen LogP contribution in [0.15, 0.2) is 59.7 Å². The fourth-order valence-corrected chi connectivity index (χ4v) is 2.98. The highest BCUT2D eigenvalue weighted by molar-refractivity contribution is 6.32. The van der Waals surface area contributed by atoms with E-state index in [1.807, 2.05) is 24.3 Å². The molecular formula is C22H22Cl2N2O4. The Balaban J connectivity index is 1.71. The normalized spacial score (nSPS) is 11.4. The molecule has 1 aromatic heterocycles. The average Bonchev–Trinajstić information content (AvgIpc) is 2.69. The molecule has 3 rings (SSSR count). The van der Waals surface area contributed by atoms with Gasteiger partial charge in [-0.3, -0.25) is 9.36 Å². The molecule has 0 aliphatic heterocycles. The molecule has 0 fully saturated rings. The maximum atomic E-state index is 12.8. The maximum Gasteiger partial charge on any atom is 0.317 e. The van der Waals surface area contributed by atoms with Crippen molar-refractivity contribution in [2.75, 3.05) is 13.2 Å². The van der Waals surface area contributed by atoms with E-state index >= 15 is 0 Å². The Morgan fingerprint density at radius 1 is 1.10 bits per heavy atom. The van der Waals surface area contributed by atoms with Crippen LogP contribution < -0.4 is 15.0 Å². The van der Waals surface area contributed by atoms with Gasteiger partial charge in [0.15, 0.2) is 0 Å². The second-order valence-corrected chi connectivity index (χ2v) is 8.19. The molecular weight excluding hydrogens is 427 g/mol. The summed E-state index contributed by atoms with van der Waals surface area (Å²) >= 11 is 12.2. The molecule has 3 aromatic rings. The molecule has 0 radical (unpaired) electrons. The highest BCUT2D eigenvalue weighted by Gasteiger charge is 2.15. The lowest BCUT2D eigenvalue weighted by molar-refractivity contribution is 0.0285. The van der Waals surface area contributed by atoms with Crippen LogP contribution in [-0.4, -0.2) is 33.5 Å². The predicted molar refractivity (Wildman–Crippen MR) is 117 cm³/mol. The molecule has 158 valence electrons. The number of nitrogens with zero attached hydrogens (tertiary/aromatic N) is 2. The predicted octanol–water partition coefficient (Wildman–Crippen LogP) is 4.31. The zero-order valence-corrected chi connectivity index (χ0v) is 18.2. The summed E-state index contributed by atoms with van der Waals surface area (Å²) < 4.78 is 12.5. The Hall–Kier alpha value is -2.54. The first-order valence-corrected chi connectivity index (χ1v) is 10.1. The summed E-state index contributed by atoms with van der Waals surface area (Å²) in [7, 11) is 0. The van der Waals surface area contributed by atoms with Gasteiger partial charge in [0.25, 0.3) is 5.88 Å². The van der Waals surface area contributed by atoms with Crippen molar-refractivity contribution in [3.05, 3.63) is 80.8 Å². The van der Waals surface area contributed by atoms with Gasteiger partial charge in [0.1, 0.15) is 12.4 Å². The van der Waals surface area contributed by atoms with E-state index in [4.69, 9.17) is 32.7 Å². The van der Waals surface area contributed by atoms with Crippen molar-refractivity contribution in [2.24, 2.45) is 0 Å². The third kappa shape index (κ3) is 5.98. The lowest BCUT2D eigenvalue weighted by Crippen LogP contribution is -2.28. The third-order valence-electron chi connectivity index (χ3n) is 4.13. The van der Waals surface area contributed by atoms with Crippen LogP contribution in [0.2, 0.25) is 10.0 Å². The number of hydrogen-bond donors (Lipinski definition) is 1. The summed E-state index contributed by atoms with van der Waals surface area (Å²) in [5.74, 6) is 0.425. The van der Waals surface area contributed by atoms with E-state index in [0.29, 0.717) is 34.5 Å². The van der Waals surface area contributed by atoms with Crippen LogP contribution in [0.3, 0.4) is 0 Å². The van der Waals surface area contributed by atoms with Crippen LogP contribution in [0.5, 0.6) is 11.6 Å². The smallest absolute Gasteiger partial charge is 0.317 e. The molecule has 0 spiro atoms. The van der Waals surface area contributed by atoms with Crippen molar-refractivity contribution in [3.63, 3.8) is 0 Å². The molecule has 0 unspecified atom stereocenters. The lowest BCUT2D eigenvalue weighted by Gasteiger charge is -2.18. The molecule has 0 aliphatic carbocycles. The molecule has 1 N–H and O–H groups in total. The summed E-state index contributed by atoms with van der Waals surface area (Å²) in [5, 5.41) is 10.8. The number of ether oxygens (including phenoxy) is 2. The number of benzene rings is 2. The third-order valence-corrected chi connectivity index (χ3v) is 4.67. The minimum absolute atomic E-state index is 0.00458. The van der Waals surface area contributed by atoms with Crippen molar-refractivity contribution in [1.82, 2.24) is 9.55 Å². The molecule has 2 aromatic carbocycles. The molecule has 1 heterocycles. The highest BCUT2D eigenvalue weighted by atomic mass is 35.5. The van der Waals surface area contributed by atoms with Crippen LogP contribution in [-0.2, 0) is 6.42 Å². The largest absolute Gasteiger partial charge is 0.489 e. The summed E-state index contributed by atoms with van der Waals surface area (Å²) in [6, 6.07) is 12.4. The number of aromatic nitrogens is 2. The van der Waals surface area contributed by atoms with E-state index in [-0.39, 0.29) is 12.5 Å². The molecule has 0 bridgehead atoms. The Bertz CT molecular complexity index is 1060. The monoisotopic (exact) mass is 448 g/mol. The van der Waals surface area contributed by atoms with Gasteiger partial charge in [-0.2, -0.15) is 0 Å². The van der Waals surface area contributed by atoms with Crippen molar-refractivity contribution in [2.45, 2.75) is 25.9 Å². The lowest BCUT2D eigenvalue weighted by atomic mass is 10.2. The molecule has 0 amide bonds. The maximum absolute atomic E-state index is 12.8. The number of hydrogen-bond acceptors (Lipinski definition) is 5. The quantitative estimate of drug-likeness (QED) is 0.555. The molecule has 6 nitrogen and oxygen atoms in total.